The fourth-order valence-electron chi connectivity index (χ4n) is 3.60. The standard InChI is InChI=1S/C21H27BrN2O4/c1-13-6-16(22)8-17(7-13)23-9-14-2-4-15(5-3-14)10-24-11-19(26)21(28)20(27)18(24)12-25/h2-8,18-21,23,25-28H,9-12H2,1H3/t18-,19+,20-,21-/m1/s1. The van der Waals surface area contributed by atoms with Crippen LogP contribution in [0.3, 0.4) is 0 Å². The van der Waals surface area contributed by atoms with E-state index in [2.05, 4.69) is 40.3 Å². The summed E-state index contributed by atoms with van der Waals surface area (Å²) in [4.78, 5) is 1.81. The van der Waals surface area contributed by atoms with Crippen LogP contribution < -0.4 is 5.32 Å². The Balaban J connectivity index is 1.61. The molecule has 3 rings (SSSR count). The summed E-state index contributed by atoms with van der Waals surface area (Å²) in [6.45, 7) is 3.15. The minimum atomic E-state index is -1.23. The maximum absolute atomic E-state index is 10.1. The Hall–Kier alpha value is -1.48. The van der Waals surface area contributed by atoms with Gasteiger partial charge in [0.05, 0.1) is 18.8 Å². The second-order valence-electron chi connectivity index (χ2n) is 7.42. The first kappa shape index (κ1) is 21.2. The average molecular weight is 451 g/mol. The minimum absolute atomic E-state index is 0.203. The van der Waals surface area contributed by atoms with Crippen LogP contribution >= 0.6 is 15.9 Å². The van der Waals surface area contributed by atoms with Crippen molar-refractivity contribution in [3.05, 3.63) is 63.6 Å². The van der Waals surface area contributed by atoms with E-state index in [0.717, 1.165) is 21.3 Å². The number of piperidine rings is 1. The Morgan fingerprint density at radius 1 is 1.04 bits per heavy atom. The van der Waals surface area contributed by atoms with Gasteiger partial charge in [0.15, 0.2) is 0 Å². The van der Waals surface area contributed by atoms with Gasteiger partial charge in [-0.15, -0.1) is 0 Å². The number of anilines is 1. The molecule has 1 aliphatic heterocycles. The number of aliphatic hydroxyl groups is 4. The third-order valence-corrected chi connectivity index (χ3v) is 5.62. The summed E-state index contributed by atoms with van der Waals surface area (Å²) in [5.74, 6) is 0. The molecular weight excluding hydrogens is 424 g/mol. The third-order valence-electron chi connectivity index (χ3n) is 5.16. The van der Waals surface area contributed by atoms with Crippen molar-refractivity contribution < 1.29 is 20.4 Å². The van der Waals surface area contributed by atoms with Gasteiger partial charge in [0, 0.05) is 29.8 Å². The second-order valence-corrected chi connectivity index (χ2v) is 8.33. The fourth-order valence-corrected chi connectivity index (χ4v) is 4.21. The number of likely N-dealkylation sites (tertiary alicyclic amines) is 1. The smallest absolute Gasteiger partial charge is 0.109 e. The summed E-state index contributed by atoms with van der Waals surface area (Å²) >= 11 is 3.50. The molecule has 0 spiro atoms. The molecule has 0 unspecified atom stereocenters. The molecule has 1 saturated heterocycles. The van der Waals surface area contributed by atoms with E-state index in [1.807, 2.05) is 30.3 Å². The fraction of sp³-hybridized carbons (Fsp3) is 0.429. The van der Waals surface area contributed by atoms with Gasteiger partial charge in [0.1, 0.15) is 12.2 Å². The highest BCUT2D eigenvalue weighted by Gasteiger charge is 2.40. The van der Waals surface area contributed by atoms with Gasteiger partial charge in [-0.3, -0.25) is 4.90 Å². The summed E-state index contributed by atoms with van der Waals surface area (Å²) in [6.07, 6.45) is -3.44. The van der Waals surface area contributed by atoms with Crippen LogP contribution in [0.15, 0.2) is 46.9 Å². The topological polar surface area (TPSA) is 96.2 Å². The lowest BCUT2D eigenvalue weighted by Gasteiger charge is -2.43. The van der Waals surface area contributed by atoms with Crippen molar-refractivity contribution >= 4 is 21.6 Å². The van der Waals surface area contributed by atoms with Gasteiger partial charge in [-0.05, 0) is 41.8 Å². The number of rotatable bonds is 6. The quantitative estimate of drug-likeness (QED) is 0.458. The molecule has 0 radical (unpaired) electrons. The Morgan fingerprint density at radius 2 is 1.71 bits per heavy atom. The molecule has 2 aromatic carbocycles. The summed E-state index contributed by atoms with van der Waals surface area (Å²) in [7, 11) is 0. The van der Waals surface area contributed by atoms with Crippen molar-refractivity contribution in [2.24, 2.45) is 0 Å². The van der Waals surface area contributed by atoms with Crippen LogP contribution in [0.1, 0.15) is 16.7 Å². The SMILES string of the molecule is Cc1cc(Br)cc(NCc2ccc(CN3C[C@H](O)[C@@H](O)[C@H](O)[C@H]3CO)cc2)c1. The van der Waals surface area contributed by atoms with E-state index in [-0.39, 0.29) is 13.2 Å². The first-order valence-corrected chi connectivity index (χ1v) is 10.1. The number of hydrogen-bond donors (Lipinski definition) is 5. The van der Waals surface area contributed by atoms with Gasteiger partial charge in [0.2, 0.25) is 0 Å². The molecule has 0 saturated carbocycles. The lowest BCUT2D eigenvalue weighted by molar-refractivity contribution is -0.147. The first-order valence-electron chi connectivity index (χ1n) is 9.35. The molecule has 1 aliphatic rings. The summed E-state index contributed by atoms with van der Waals surface area (Å²) < 4.78 is 1.04. The first-order chi connectivity index (χ1) is 13.4. The van der Waals surface area contributed by atoms with Gasteiger partial charge in [0.25, 0.3) is 0 Å². The van der Waals surface area contributed by atoms with Crippen molar-refractivity contribution in [2.75, 3.05) is 18.5 Å². The number of benzene rings is 2. The van der Waals surface area contributed by atoms with Crippen LogP contribution in [0, 0.1) is 6.92 Å². The van der Waals surface area contributed by atoms with Crippen molar-refractivity contribution in [1.82, 2.24) is 4.90 Å². The van der Waals surface area contributed by atoms with Gasteiger partial charge < -0.3 is 25.7 Å². The number of hydrogen-bond acceptors (Lipinski definition) is 6. The summed E-state index contributed by atoms with van der Waals surface area (Å²) in [5.41, 5.74) is 4.38. The maximum atomic E-state index is 10.1. The molecule has 7 heteroatoms. The number of nitrogens with one attached hydrogen (secondary N) is 1. The van der Waals surface area contributed by atoms with Crippen molar-refractivity contribution in [1.29, 1.82) is 0 Å². The molecule has 0 bridgehead atoms. The van der Waals surface area contributed by atoms with Crippen molar-refractivity contribution in [2.45, 2.75) is 44.4 Å². The van der Waals surface area contributed by atoms with E-state index >= 15 is 0 Å². The van der Waals surface area contributed by atoms with Crippen LogP contribution in [0.5, 0.6) is 0 Å². The zero-order chi connectivity index (χ0) is 20.3. The normalized spacial score (nSPS) is 25.6. The molecule has 1 fully saturated rings. The molecule has 0 aliphatic carbocycles. The third kappa shape index (κ3) is 5.11. The van der Waals surface area contributed by atoms with E-state index in [0.29, 0.717) is 13.1 Å². The van der Waals surface area contributed by atoms with Crippen LogP contribution in [-0.4, -0.2) is 62.8 Å². The van der Waals surface area contributed by atoms with Gasteiger partial charge >= 0.3 is 0 Å². The molecule has 4 atom stereocenters. The molecule has 6 nitrogen and oxygen atoms in total. The molecule has 152 valence electrons. The van der Waals surface area contributed by atoms with Gasteiger partial charge in [-0.25, -0.2) is 0 Å². The highest BCUT2D eigenvalue weighted by molar-refractivity contribution is 9.10. The van der Waals surface area contributed by atoms with Crippen molar-refractivity contribution in [3.8, 4) is 0 Å². The highest BCUT2D eigenvalue weighted by atomic mass is 79.9. The highest BCUT2D eigenvalue weighted by Crippen LogP contribution is 2.22. The van der Waals surface area contributed by atoms with Crippen LogP contribution in [-0.2, 0) is 13.1 Å². The van der Waals surface area contributed by atoms with Crippen LogP contribution in [0.2, 0.25) is 0 Å². The molecule has 0 aromatic heterocycles. The molecular formula is C21H27BrN2O4. The second kappa shape index (κ2) is 9.35. The number of aryl methyl sites for hydroxylation is 1. The van der Waals surface area contributed by atoms with E-state index in [4.69, 9.17) is 0 Å². The minimum Gasteiger partial charge on any atom is -0.395 e. The Labute approximate surface area is 173 Å². The number of β-amino-alcohol motifs (C(OH)–C–C–N with tert-alkyl or cyclic N) is 1. The Kier molecular flexibility index (Phi) is 7.09. The van der Waals surface area contributed by atoms with E-state index in [1.165, 1.54) is 5.56 Å². The van der Waals surface area contributed by atoms with Crippen LogP contribution in [0.4, 0.5) is 5.69 Å². The predicted molar refractivity (Wildman–Crippen MR) is 112 cm³/mol. The molecule has 5 N–H and O–H groups in total. The van der Waals surface area contributed by atoms with E-state index in [9.17, 15) is 20.4 Å². The van der Waals surface area contributed by atoms with E-state index < -0.39 is 24.4 Å². The van der Waals surface area contributed by atoms with Gasteiger partial charge in [-0.2, -0.15) is 0 Å². The molecule has 28 heavy (non-hydrogen) atoms. The number of nitrogens with zero attached hydrogens (tertiary/aromatic N) is 1. The van der Waals surface area contributed by atoms with Crippen molar-refractivity contribution in [3.63, 3.8) is 0 Å². The largest absolute Gasteiger partial charge is 0.395 e. The molecule has 2 aromatic rings. The lowest BCUT2D eigenvalue weighted by atomic mass is 9.93. The maximum Gasteiger partial charge on any atom is 0.109 e. The Morgan fingerprint density at radius 3 is 2.36 bits per heavy atom. The predicted octanol–water partition coefficient (Wildman–Crippen LogP) is 1.63. The Bertz CT molecular complexity index is 766. The molecule has 0 amide bonds. The lowest BCUT2D eigenvalue weighted by Crippen LogP contribution is -2.62. The zero-order valence-electron chi connectivity index (χ0n) is 15.8. The molecule has 1 heterocycles. The van der Waals surface area contributed by atoms with Gasteiger partial charge in [-0.1, -0.05) is 40.2 Å². The summed E-state index contributed by atoms with van der Waals surface area (Å²) in [6, 6.07) is 13.7. The number of halogens is 1. The monoisotopic (exact) mass is 450 g/mol. The number of aliphatic hydroxyl groups excluding tert-OH is 4. The summed E-state index contributed by atoms with van der Waals surface area (Å²) in [5, 5.41) is 42.8. The van der Waals surface area contributed by atoms with E-state index in [1.54, 1.807) is 4.90 Å². The zero-order valence-corrected chi connectivity index (χ0v) is 17.4. The average Bonchev–Trinajstić information content (AvgIpc) is 2.65. The van der Waals surface area contributed by atoms with Crippen LogP contribution in [0.25, 0.3) is 0 Å².